The molecule has 1 aliphatic heterocycles. The maximum absolute atomic E-state index is 8.61. The summed E-state index contributed by atoms with van der Waals surface area (Å²) < 4.78 is 0. The molecule has 0 bridgehead atoms. The molecule has 1 rings (SSSR count). The van der Waals surface area contributed by atoms with E-state index in [1.807, 2.05) is 11.8 Å². The van der Waals surface area contributed by atoms with E-state index >= 15 is 0 Å². The summed E-state index contributed by atoms with van der Waals surface area (Å²) in [5, 5.41) is 8.61. The standard InChI is InChI=1S/C7H14OS/c8-4-3-7-2-1-5-9-6-7/h7-8H,1-6H2. The van der Waals surface area contributed by atoms with Gasteiger partial charge in [-0.1, -0.05) is 0 Å². The van der Waals surface area contributed by atoms with Gasteiger partial charge in [-0.05, 0) is 36.7 Å². The molecule has 0 aromatic rings. The Hall–Kier alpha value is 0.310. The minimum absolute atomic E-state index is 0.380. The average molecular weight is 146 g/mol. The lowest BCUT2D eigenvalue weighted by Gasteiger charge is -2.19. The van der Waals surface area contributed by atoms with Gasteiger partial charge in [-0.3, -0.25) is 0 Å². The van der Waals surface area contributed by atoms with Gasteiger partial charge in [-0.15, -0.1) is 0 Å². The molecule has 1 saturated heterocycles. The highest BCUT2D eigenvalue weighted by molar-refractivity contribution is 7.99. The Morgan fingerprint density at radius 2 is 2.44 bits per heavy atom. The fraction of sp³-hybridized carbons (Fsp3) is 1.00. The summed E-state index contributed by atoms with van der Waals surface area (Å²) >= 11 is 2.03. The Balaban J connectivity index is 2.08. The molecule has 1 nitrogen and oxygen atoms in total. The van der Waals surface area contributed by atoms with Crippen LogP contribution in [0.3, 0.4) is 0 Å². The van der Waals surface area contributed by atoms with Gasteiger partial charge < -0.3 is 5.11 Å². The first-order valence-corrected chi connectivity index (χ1v) is 4.77. The van der Waals surface area contributed by atoms with Gasteiger partial charge in [-0.25, -0.2) is 0 Å². The Morgan fingerprint density at radius 3 is 3.00 bits per heavy atom. The highest BCUT2D eigenvalue weighted by Gasteiger charge is 2.11. The Kier molecular flexibility index (Phi) is 3.44. The molecule has 54 valence electrons. The Morgan fingerprint density at radius 1 is 1.56 bits per heavy atom. The van der Waals surface area contributed by atoms with Crippen LogP contribution in [-0.4, -0.2) is 23.2 Å². The van der Waals surface area contributed by atoms with Crippen LogP contribution in [0.2, 0.25) is 0 Å². The van der Waals surface area contributed by atoms with Crippen LogP contribution < -0.4 is 0 Å². The first-order valence-electron chi connectivity index (χ1n) is 3.62. The molecular formula is C7H14OS. The summed E-state index contributed by atoms with van der Waals surface area (Å²) in [6.45, 7) is 0.380. The van der Waals surface area contributed by atoms with Crippen molar-refractivity contribution in [1.82, 2.24) is 0 Å². The third-order valence-electron chi connectivity index (χ3n) is 1.79. The minimum atomic E-state index is 0.380. The molecule has 0 saturated carbocycles. The molecule has 0 aromatic heterocycles. The number of rotatable bonds is 2. The number of hydrogen-bond donors (Lipinski definition) is 1. The average Bonchev–Trinajstić information content (AvgIpc) is 1.91. The number of thioether (sulfide) groups is 1. The summed E-state index contributed by atoms with van der Waals surface area (Å²) in [4.78, 5) is 0. The Bertz CT molecular complexity index is 66.6. The summed E-state index contributed by atoms with van der Waals surface area (Å²) in [7, 11) is 0. The highest BCUT2D eigenvalue weighted by Crippen LogP contribution is 2.24. The largest absolute Gasteiger partial charge is 0.396 e. The summed E-state index contributed by atoms with van der Waals surface area (Å²) in [6.07, 6.45) is 3.72. The van der Waals surface area contributed by atoms with E-state index in [2.05, 4.69) is 0 Å². The van der Waals surface area contributed by atoms with Gasteiger partial charge in [-0.2, -0.15) is 11.8 Å². The van der Waals surface area contributed by atoms with Crippen molar-refractivity contribution in [2.45, 2.75) is 19.3 Å². The fourth-order valence-electron chi connectivity index (χ4n) is 1.22. The molecular weight excluding hydrogens is 132 g/mol. The Labute approximate surface area is 60.8 Å². The van der Waals surface area contributed by atoms with Crippen molar-refractivity contribution >= 4 is 11.8 Å². The van der Waals surface area contributed by atoms with Crippen molar-refractivity contribution in [3.8, 4) is 0 Å². The van der Waals surface area contributed by atoms with E-state index < -0.39 is 0 Å². The van der Waals surface area contributed by atoms with Gasteiger partial charge in [0.2, 0.25) is 0 Å². The number of aliphatic hydroxyl groups excluding tert-OH is 1. The molecule has 0 aromatic carbocycles. The molecule has 1 heterocycles. The molecule has 0 radical (unpaired) electrons. The predicted octanol–water partition coefficient (Wildman–Crippen LogP) is 1.51. The number of aliphatic hydroxyl groups is 1. The molecule has 0 spiro atoms. The van der Waals surface area contributed by atoms with Gasteiger partial charge in [0.05, 0.1) is 0 Å². The first kappa shape index (κ1) is 7.42. The monoisotopic (exact) mass is 146 g/mol. The molecule has 0 aliphatic carbocycles. The molecule has 1 N–H and O–H groups in total. The quantitative estimate of drug-likeness (QED) is 0.637. The van der Waals surface area contributed by atoms with Crippen molar-refractivity contribution in [1.29, 1.82) is 0 Å². The van der Waals surface area contributed by atoms with E-state index in [0.29, 0.717) is 6.61 Å². The van der Waals surface area contributed by atoms with E-state index in [1.165, 1.54) is 24.3 Å². The predicted molar refractivity (Wildman–Crippen MR) is 41.8 cm³/mol. The smallest absolute Gasteiger partial charge is 0.0433 e. The van der Waals surface area contributed by atoms with Crippen molar-refractivity contribution in [2.24, 2.45) is 5.92 Å². The van der Waals surface area contributed by atoms with E-state index in [-0.39, 0.29) is 0 Å². The second-order valence-corrected chi connectivity index (χ2v) is 3.75. The molecule has 1 fully saturated rings. The second-order valence-electron chi connectivity index (χ2n) is 2.60. The lowest BCUT2D eigenvalue weighted by Crippen LogP contribution is -2.11. The third-order valence-corrected chi connectivity index (χ3v) is 3.08. The van der Waals surface area contributed by atoms with Crippen LogP contribution in [0.1, 0.15) is 19.3 Å². The van der Waals surface area contributed by atoms with Crippen LogP contribution in [0.15, 0.2) is 0 Å². The van der Waals surface area contributed by atoms with Crippen molar-refractivity contribution in [3.05, 3.63) is 0 Å². The van der Waals surface area contributed by atoms with Crippen LogP contribution in [0.25, 0.3) is 0 Å². The minimum Gasteiger partial charge on any atom is -0.396 e. The van der Waals surface area contributed by atoms with Gasteiger partial charge in [0, 0.05) is 6.61 Å². The number of hydrogen-bond acceptors (Lipinski definition) is 2. The lowest BCUT2D eigenvalue weighted by molar-refractivity contribution is 0.258. The van der Waals surface area contributed by atoms with Gasteiger partial charge >= 0.3 is 0 Å². The molecule has 2 heteroatoms. The third kappa shape index (κ3) is 2.59. The van der Waals surface area contributed by atoms with Crippen LogP contribution in [0, 0.1) is 5.92 Å². The van der Waals surface area contributed by atoms with Crippen LogP contribution in [0.5, 0.6) is 0 Å². The normalized spacial score (nSPS) is 28.3. The van der Waals surface area contributed by atoms with Gasteiger partial charge in [0.25, 0.3) is 0 Å². The van der Waals surface area contributed by atoms with Crippen LogP contribution in [0.4, 0.5) is 0 Å². The van der Waals surface area contributed by atoms with E-state index in [1.54, 1.807) is 0 Å². The highest BCUT2D eigenvalue weighted by atomic mass is 32.2. The van der Waals surface area contributed by atoms with Crippen LogP contribution >= 0.6 is 11.8 Å². The van der Waals surface area contributed by atoms with Crippen LogP contribution in [-0.2, 0) is 0 Å². The van der Waals surface area contributed by atoms with Gasteiger partial charge in [0.1, 0.15) is 0 Å². The van der Waals surface area contributed by atoms with Crippen molar-refractivity contribution in [3.63, 3.8) is 0 Å². The zero-order chi connectivity index (χ0) is 6.53. The topological polar surface area (TPSA) is 20.2 Å². The molecule has 9 heavy (non-hydrogen) atoms. The zero-order valence-electron chi connectivity index (χ0n) is 5.68. The summed E-state index contributed by atoms with van der Waals surface area (Å²) in [6, 6.07) is 0. The fourth-order valence-corrected chi connectivity index (χ4v) is 2.42. The molecule has 1 unspecified atom stereocenters. The maximum Gasteiger partial charge on any atom is 0.0433 e. The first-order chi connectivity index (χ1) is 4.43. The van der Waals surface area contributed by atoms with Crippen molar-refractivity contribution < 1.29 is 5.11 Å². The molecule has 1 atom stereocenters. The SMILES string of the molecule is OCCC1CCCSC1. The maximum atomic E-state index is 8.61. The summed E-state index contributed by atoms with van der Waals surface area (Å²) in [5.41, 5.74) is 0. The van der Waals surface area contributed by atoms with E-state index in [4.69, 9.17) is 5.11 Å². The van der Waals surface area contributed by atoms with Gasteiger partial charge in [0.15, 0.2) is 0 Å². The van der Waals surface area contributed by atoms with E-state index in [9.17, 15) is 0 Å². The molecule has 1 aliphatic rings. The second kappa shape index (κ2) is 4.18. The molecule has 0 amide bonds. The zero-order valence-corrected chi connectivity index (χ0v) is 6.49. The lowest BCUT2D eigenvalue weighted by atomic mass is 10.0. The van der Waals surface area contributed by atoms with E-state index in [0.717, 1.165) is 12.3 Å². The summed E-state index contributed by atoms with van der Waals surface area (Å²) in [5.74, 6) is 3.43. The van der Waals surface area contributed by atoms with Crippen molar-refractivity contribution in [2.75, 3.05) is 18.1 Å².